The van der Waals surface area contributed by atoms with Crippen molar-refractivity contribution in [1.82, 2.24) is 10.2 Å². The largest absolute Gasteiger partial charge is 0.480 e. The molecule has 0 aromatic heterocycles. The summed E-state index contributed by atoms with van der Waals surface area (Å²) in [5, 5.41) is 21.2. The Morgan fingerprint density at radius 2 is 2.00 bits per heavy atom. The van der Waals surface area contributed by atoms with E-state index >= 15 is 0 Å². The zero-order chi connectivity index (χ0) is 15.4. The number of aliphatic carboxylic acids is 1. The van der Waals surface area contributed by atoms with Crippen LogP contribution in [0.3, 0.4) is 0 Å². The topological polar surface area (TPSA) is 107 Å². The fourth-order valence-electron chi connectivity index (χ4n) is 2.34. The molecule has 20 heavy (non-hydrogen) atoms. The fraction of sp³-hybridized carbons (Fsp3) is 0.769. The highest BCUT2D eigenvalue weighted by molar-refractivity contribution is 5.90. The molecule has 1 heterocycles. The van der Waals surface area contributed by atoms with Gasteiger partial charge >= 0.3 is 5.97 Å². The molecular weight excluding hydrogens is 264 g/mol. The van der Waals surface area contributed by atoms with Crippen molar-refractivity contribution in [3.63, 3.8) is 0 Å². The van der Waals surface area contributed by atoms with Gasteiger partial charge in [-0.3, -0.25) is 9.59 Å². The third-order valence-corrected chi connectivity index (χ3v) is 3.76. The molecule has 1 aliphatic rings. The number of β-amino-alcohol motifs (C(OH)–C–C–N with tert-alkyl or cyclic N) is 1. The molecular formula is C13H22N2O5. The van der Waals surface area contributed by atoms with Crippen LogP contribution in [0.25, 0.3) is 0 Å². The van der Waals surface area contributed by atoms with E-state index in [2.05, 4.69) is 5.32 Å². The van der Waals surface area contributed by atoms with Gasteiger partial charge in [-0.1, -0.05) is 20.3 Å². The summed E-state index contributed by atoms with van der Waals surface area (Å²) < 4.78 is 0. The first-order chi connectivity index (χ1) is 9.27. The number of amides is 2. The molecule has 1 aliphatic heterocycles. The maximum atomic E-state index is 12.2. The van der Waals surface area contributed by atoms with Crippen molar-refractivity contribution in [2.24, 2.45) is 5.92 Å². The van der Waals surface area contributed by atoms with E-state index in [0.29, 0.717) is 6.42 Å². The van der Waals surface area contributed by atoms with Gasteiger partial charge in [0.25, 0.3) is 0 Å². The van der Waals surface area contributed by atoms with Gasteiger partial charge in [0.2, 0.25) is 11.8 Å². The predicted molar refractivity (Wildman–Crippen MR) is 70.8 cm³/mol. The Labute approximate surface area is 117 Å². The summed E-state index contributed by atoms with van der Waals surface area (Å²) in [5.74, 6) is -2.14. The number of aliphatic hydroxyl groups is 1. The zero-order valence-electron chi connectivity index (χ0n) is 12.0. The fourth-order valence-corrected chi connectivity index (χ4v) is 2.34. The lowest BCUT2D eigenvalue weighted by Gasteiger charge is -2.26. The third kappa shape index (κ3) is 3.69. The monoisotopic (exact) mass is 286 g/mol. The summed E-state index contributed by atoms with van der Waals surface area (Å²) in [4.78, 5) is 36.1. The minimum absolute atomic E-state index is 0.106. The van der Waals surface area contributed by atoms with Gasteiger partial charge in [-0.15, -0.1) is 0 Å². The lowest BCUT2D eigenvalue weighted by atomic mass is 9.98. The van der Waals surface area contributed by atoms with E-state index in [1.54, 1.807) is 6.92 Å². The second kappa shape index (κ2) is 6.69. The van der Waals surface area contributed by atoms with Gasteiger partial charge in [-0.05, 0) is 5.92 Å². The summed E-state index contributed by atoms with van der Waals surface area (Å²) in [5.41, 5.74) is 0. The van der Waals surface area contributed by atoms with Crippen molar-refractivity contribution in [2.75, 3.05) is 6.54 Å². The van der Waals surface area contributed by atoms with Crippen LogP contribution in [0.1, 0.15) is 33.6 Å². The first-order valence-corrected chi connectivity index (χ1v) is 6.76. The van der Waals surface area contributed by atoms with Crippen LogP contribution in [0.2, 0.25) is 0 Å². The van der Waals surface area contributed by atoms with Crippen molar-refractivity contribution >= 4 is 17.8 Å². The van der Waals surface area contributed by atoms with Crippen LogP contribution in [0.5, 0.6) is 0 Å². The highest BCUT2D eigenvalue weighted by atomic mass is 16.4. The Bertz CT molecular complexity index is 398. The second-order valence-corrected chi connectivity index (χ2v) is 5.29. The van der Waals surface area contributed by atoms with Crippen molar-refractivity contribution in [3.05, 3.63) is 0 Å². The first kappa shape index (κ1) is 16.4. The Morgan fingerprint density at radius 1 is 1.40 bits per heavy atom. The molecule has 0 spiro atoms. The predicted octanol–water partition coefficient (Wildman–Crippen LogP) is -0.416. The summed E-state index contributed by atoms with van der Waals surface area (Å²) >= 11 is 0. The van der Waals surface area contributed by atoms with Crippen LogP contribution in [0.15, 0.2) is 0 Å². The van der Waals surface area contributed by atoms with Crippen LogP contribution in [0.4, 0.5) is 0 Å². The number of carboxylic acids is 1. The van der Waals surface area contributed by atoms with E-state index in [1.807, 2.05) is 6.92 Å². The maximum Gasteiger partial charge on any atom is 0.326 e. The normalized spacial score (nSPS) is 25.1. The smallest absolute Gasteiger partial charge is 0.326 e. The summed E-state index contributed by atoms with van der Waals surface area (Å²) in [6.07, 6.45) is 0.000639. The molecule has 1 fully saturated rings. The minimum atomic E-state index is -1.10. The van der Waals surface area contributed by atoms with Crippen molar-refractivity contribution in [3.8, 4) is 0 Å². The lowest BCUT2D eigenvalue weighted by molar-refractivity contribution is -0.144. The number of hydrogen-bond acceptors (Lipinski definition) is 4. The van der Waals surface area contributed by atoms with Crippen LogP contribution in [0, 0.1) is 5.92 Å². The molecule has 4 atom stereocenters. The second-order valence-electron chi connectivity index (χ2n) is 5.29. The van der Waals surface area contributed by atoms with Crippen LogP contribution in [-0.2, 0) is 14.4 Å². The van der Waals surface area contributed by atoms with Crippen LogP contribution >= 0.6 is 0 Å². The number of likely N-dealkylation sites (tertiary alicyclic amines) is 1. The van der Waals surface area contributed by atoms with Gasteiger partial charge in [0.1, 0.15) is 12.1 Å². The number of carboxylic acid groups (broad SMARTS) is 1. The van der Waals surface area contributed by atoms with Gasteiger partial charge < -0.3 is 20.4 Å². The van der Waals surface area contributed by atoms with Gasteiger partial charge in [-0.25, -0.2) is 4.79 Å². The Balaban J connectivity index is 2.78. The molecule has 0 aliphatic carbocycles. The average Bonchev–Trinajstić information content (AvgIpc) is 2.76. The van der Waals surface area contributed by atoms with Crippen LogP contribution < -0.4 is 5.32 Å². The number of carbonyl (C=O) groups is 3. The van der Waals surface area contributed by atoms with Gasteiger partial charge in [0.15, 0.2) is 0 Å². The quantitative estimate of drug-likeness (QED) is 0.636. The third-order valence-electron chi connectivity index (χ3n) is 3.76. The number of nitrogens with zero attached hydrogens (tertiary/aromatic N) is 1. The van der Waals surface area contributed by atoms with Gasteiger partial charge in [-0.2, -0.15) is 0 Å². The SMILES string of the molecule is CCC(C)C(NC(=O)C1CC(O)CN1C(C)=O)C(=O)O. The Kier molecular flexibility index (Phi) is 5.50. The van der Waals surface area contributed by atoms with E-state index in [4.69, 9.17) is 5.11 Å². The minimum Gasteiger partial charge on any atom is -0.480 e. The number of nitrogens with one attached hydrogen (secondary N) is 1. The van der Waals surface area contributed by atoms with E-state index < -0.39 is 30.1 Å². The molecule has 4 unspecified atom stereocenters. The van der Waals surface area contributed by atoms with E-state index in [9.17, 15) is 19.5 Å². The molecule has 0 bridgehead atoms. The maximum absolute atomic E-state index is 12.2. The average molecular weight is 286 g/mol. The highest BCUT2D eigenvalue weighted by Crippen LogP contribution is 2.19. The molecule has 114 valence electrons. The molecule has 3 N–H and O–H groups in total. The number of aliphatic hydroxyl groups excluding tert-OH is 1. The summed E-state index contributed by atoms with van der Waals surface area (Å²) in [7, 11) is 0. The Morgan fingerprint density at radius 3 is 2.45 bits per heavy atom. The van der Waals surface area contributed by atoms with Gasteiger partial charge in [0.05, 0.1) is 6.10 Å². The molecule has 0 aromatic rings. The molecule has 0 saturated carbocycles. The molecule has 1 rings (SSSR count). The van der Waals surface area contributed by atoms with Crippen molar-refractivity contribution in [1.29, 1.82) is 0 Å². The number of carbonyl (C=O) groups excluding carboxylic acids is 2. The molecule has 7 nitrogen and oxygen atoms in total. The number of rotatable bonds is 5. The van der Waals surface area contributed by atoms with Crippen molar-refractivity contribution < 1.29 is 24.6 Å². The first-order valence-electron chi connectivity index (χ1n) is 6.76. The molecule has 1 saturated heterocycles. The molecule has 2 amide bonds. The Hall–Kier alpha value is -1.63. The summed E-state index contributed by atoms with van der Waals surface area (Å²) in [6.45, 7) is 5.01. The van der Waals surface area contributed by atoms with E-state index in [0.717, 1.165) is 0 Å². The van der Waals surface area contributed by atoms with Crippen molar-refractivity contribution in [2.45, 2.75) is 51.8 Å². The lowest BCUT2D eigenvalue weighted by Crippen LogP contribution is -2.52. The van der Waals surface area contributed by atoms with Gasteiger partial charge in [0, 0.05) is 19.9 Å². The molecule has 0 aromatic carbocycles. The number of hydrogen-bond donors (Lipinski definition) is 3. The molecule has 7 heteroatoms. The zero-order valence-corrected chi connectivity index (χ0v) is 12.0. The molecule has 0 radical (unpaired) electrons. The summed E-state index contributed by atoms with van der Waals surface area (Å²) in [6, 6.07) is -1.78. The highest BCUT2D eigenvalue weighted by Gasteiger charge is 2.39. The van der Waals surface area contributed by atoms with Crippen LogP contribution in [-0.4, -0.2) is 57.6 Å². The van der Waals surface area contributed by atoms with E-state index in [-0.39, 0.29) is 24.8 Å². The standard InChI is InChI=1S/C13H22N2O5/c1-4-7(2)11(13(19)20)14-12(18)10-5-9(17)6-15(10)8(3)16/h7,9-11,17H,4-6H2,1-3H3,(H,14,18)(H,19,20). The van der Waals surface area contributed by atoms with E-state index in [1.165, 1.54) is 11.8 Å².